The zero-order valence-corrected chi connectivity index (χ0v) is 14.7. The Morgan fingerprint density at radius 3 is 2.59 bits per heavy atom. The molecular formula is C15H26N4O2S. The van der Waals surface area contributed by atoms with Crippen molar-refractivity contribution < 1.29 is 8.42 Å². The van der Waals surface area contributed by atoms with Crippen molar-refractivity contribution in [3.8, 4) is 0 Å². The molecule has 1 aromatic rings. The number of hydrogen-bond donors (Lipinski definition) is 0. The minimum atomic E-state index is -3.40. The molecule has 0 unspecified atom stereocenters. The van der Waals surface area contributed by atoms with Gasteiger partial charge in [-0.1, -0.05) is 13.8 Å². The second kappa shape index (κ2) is 6.93. The molecule has 2 heterocycles. The smallest absolute Gasteiger partial charge is 0.282 e. The van der Waals surface area contributed by atoms with E-state index in [1.807, 2.05) is 45.0 Å². The summed E-state index contributed by atoms with van der Waals surface area (Å²) in [5, 5.41) is 0. The lowest BCUT2D eigenvalue weighted by Gasteiger charge is -2.30. The average Bonchev–Trinajstić information content (AvgIpc) is 2.98. The predicted molar refractivity (Wildman–Crippen MR) is 89.1 cm³/mol. The van der Waals surface area contributed by atoms with Crippen molar-refractivity contribution in [1.29, 1.82) is 0 Å². The summed E-state index contributed by atoms with van der Waals surface area (Å²) in [5.74, 6) is 0.851. The Morgan fingerprint density at radius 1 is 1.32 bits per heavy atom. The van der Waals surface area contributed by atoms with Crippen LogP contribution in [0.5, 0.6) is 0 Å². The highest BCUT2D eigenvalue weighted by atomic mass is 32.2. The zero-order chi connectivity index (χ0) is 16.3. The van der Waals surface area contributed by atoms with Crippen LogP contribution in [0.1, 0.15) is 38.3 Å². The molecule has 7 heteroatoms. The maximum absolute atomic E-state index is 12.8. The normalized spacial score (nSPS) is 19.8. The fourth-order valence-corrected chi connectivity index (χ4v) is 4.79. The molecule has 0 amide bonds. The van der Waals surface area contributed by atoms with Crippen LogP contribution in [-0.4, -0.2) is 55.7 Å². The fourth-order valence-electron chi connectivity index (χ4n) is 2.93. The molecule has 1 aliphatic heterocycles. The molecule has 124 valence electrons. The molecule has 1 aromatic heterocycles. The summed E-state index contributed by atoms with van der Waals surface area (Å²) in [4.78, 5) is 6.24. The minimum Gasteiger partial charge on any atom is -0.363 e. The molecule has 6 nitrogen and oxygen atoms in total. The van der Waals surface area contributed by atoms with Gasteiger partial charge in [-0.2, -0.15) is 17.0 Å². The third-order valence-corrected chi connectivity index (χ3v) is 6.34. The van der Waals surface area contributed by atoms with Crippen LogP contribution < -0.4 is 4.90 Å². The van der Waals surface area contributed by atoms with E-state index in [4.69, 9.17) is 0 Å². The largest absolute Gasteiger partial charge is 0.363 e. The van der Waals surface area contributed by atoms with Crippen LogP contribution in [0.4, 0.5) is 5.82 Å². The van der Waals surface area contributed by atoms with Crippen LogP contribution >= 0.6 is 0 Å². The van der Waals surface area contributed by atoms with Crippen molar-refractivity contribution in [1.82, 2.24) is 13.6 Å². The monoisotopic (exact) mass is 326 g/mol. The summed E-state index contributed by atoms with van der Waals surface area (Å²) >= 11 is 0. The average molecular weight is 326 g/mol. The van der Waals surface area contributed by atoms with Crippen molar-refractivity contribution >= 4 is 16.0 Å². The Labute approximate surface area is 133 Å². The zero-order valence-electron chi connectivity index (χ0n) is 13.9. The second-order valence-corrected chi connectivity index (χ2v) is 7.58. The standard InChI is InChI=1S/C15H26N4O2S/c1-5-18(6-2)22(20,21)19-11-7-8-14(19)13-9-10-16-15(12-13)17(3)4/h9-10,12,14H,5-8,11H2,1-4H3/t14-/m0/s1. The molecule has 1 atom stereocenters. The maximum Gasteiger partial charge on any atom is 0.282 e. The van der Waals surface area contributed by atoms with Crippen LogP contribution in [0.25, 0.3) is 0 Å². The number of rotatable bonds is 6. The van der Waals surface area contributed by atoms with Crippen molar-refractivity contribution in [3.05, 3.63) is 23.9 Å². The third-order valence-electron chi connectivity index (χ3n) is 4.14. The van der Waals surface area contributed by atoms with Gasteiger partial charge in [-0.15, -0.1) is 0 Å². The molecule has 1 aliphatic rings. The van der Waals surface area contributed by atoms with Gasteiger partial charge < -0.3 is 4.90 Å². The quantitative estimate of drug-likeness (QED) is 0.801. The molecule has 0 aliphatic carbocycles. The van der Waals surface area contributed by atoms with Gasteiger partial charge in [0.1, 0.15) is 5.82 Å². The molecule has 1 fully saturated rings. The molecule has 0 radical (unpaired) electrons. The SMILES string of the molecule is CCN(CC)S(=O)(=O)N1CCC[C@H]1c1ccnc(N(C)C)c1. The van der Waals surface area contributed by atoms with Gasteiger partial charge in [0.25, 0.3) is 10.2 Å². The topological polar surface area (TPSA) is 56.8 Å². The Kier molecular flexibility index (Phi) is 5.41. The molecule has 0 spiro atoms. The van der Waals surface area contributed by atoms with E-state index in [1.54, 1.807) is 10.5 Å². The van der Waals surface area contributed by atoms with Gasteiger partial charge in [0.2, 0.25) is 0 Å². The van der Waals surface area contributed by atoms with Gasteiger partial charge in [0, 0.05) is 39.9 Å². The van der Waals surface area contributed by atoms with Gasteiger partial charge in [-0.05, 0) is 30.5 Å². The number of anilines is 1. The molecule has 0 aromatic carbocycles. The summed E-state index contributed by atoms with van der Waals surface area (Å²) in [7, 11) is 0.473. The number of aromatic nitrogens is 1. The first-order valence-corrected chi connectivity index (χ1v) is 9.21. The summed E-state index contributed by atoms with van der Waals surface area (Å²) in [6.07, 6.45) is 3.51. The van der Waals surface area contributed by atoms with E-state index in [0.29, 0.717) is 19.6 Å². The van der Waals surface area contributed by atoms with Crippen molar-refractivity contribution in [2.75, 3.05) is 38.6 Å². The van der Waals surface area contributed by atoms with Gasteiger partial charge in [0.15, 0.2) is 0 Å². The summed E-state index contributed by atoms with van der Waals surface area (Å²) in [5.41, 5.74) is 1.02. The number of nitrogens with zero attached hydrogens (tertiary/aromatic N) is 4. The summed E-state index contributed by atoms with van der Waals surface area (Å²) in [6, 6.07) is 3.82. The summed E-state index contributed by atoms with van der Waals surface area (Å²) in [6.45, 7) is 5.34. The lowest BCUT2D eigenvalue weighted by Crippen LogP contribution is -2.43. The molecule has 22 heavy (non-hydrogen) atoms. The van der Waals surface area contributed by atoms with Crippen molar-refractivity contribution in [2.45, 2.75) is 32.7 Å². The third kappa shape index (κ3) is 3.26. The van der Waals surface area contributed by atoms with Crippen molar-refractivity contribution in [3.63, 3.8) is 0 Å². The maximum atomic E-state index is 12.8. The molecule has 0 N–H and O–H groups in total. The predicted octanol–water partition coefficient (Wildman–Crippen LogP) is 1.87. The number of pyridine rings is 1. The highest BCUT2D eigenvalue weighted by molar-refractivity contribution is 7.86. The molecule has 0 bridgehead atoms. The van der Waals surface area contributed by atoms with E-state index in [1.165, 1.54) is 4.31 Å². The lowest BCUT2D eigenvalue weighted by atomic mass is 10.1. The first kappa shape index (κ1) is 17.2. The summed E-state index contributed by atoms with van der Waals surface area (Å²) < 4.78 is 28.8. The van der Waals surface area contributed by atoms with Crippen LogP contribution in [0.3, 0.4) is 0 Å². The Bertz CT molecular complexity index is 599. The van der Waals surface area contributed by atoms with E-state index in [9.17, 15) is 8.42 Å². The molecular weight excluding hydrogens is 300 g/mol. The van der Waals surface area contributed by atoms with E-state index in [2.05, 4.69) is 4.98 Å². The van der Waals surface area contributed by atoms with Crippen LogP contribution in [-0.2, 0) is 10.2 Å². The van der Waals surface area contributed by atoms with E-state index in [-0.39, 0.29) is 6.04 Å². The minimum absolute atomic E-state index is 0.0905. The van der Waals surface area contributed by atoms with Gasteiger partial charge in [-0.3, -0.25) is 0 Å². The van der Waals surface area contributed by atoms with Gasteiger partial charge >= 0.3 is 0 Å². The van der Waals surface area contributed by atoms with Crippen LogP contribution in [0.15, 0.2) is 18.3 Å². The second-order valence-electron chi connectivity index (χ2n) is 5.70. The van der Waals surface area contributed by atoms with Crippen LogP contribution in [0.2, 0.25) is 0 Å². The Balaban J connectivity index is 2.33. The fraction of sp³-hybridized carbons (Fsp3) is 0.667. The molecule has 0 saturated carbocycles. The lowest BCUT2D eigenvalue weighted by molar-refractivity contribution is 0.338. The van der Waals surface area contributed by atoms with E-state index >= 15 is 0 Å². The highest BCUT2D eigenvalue weighted by Gasteiger charge is 2.37. The van der Waals surface area contributed by atoms with E-state index in [0.717, 1.165) is 24.2 Å². The van der Waals surface area contributed by atoms with Gasteiger partial charge in [-0.25, -0.2) is 4.98 Å². The Morgan fingerprint density at radius 2 is 2.00 bits per heavy atom. The van der Waals surface area contributed by atoms with E-state index < -0.39 is 10.2 Å². The van der Waals surface area contributed by atoms with Crippen LogP contribution in [0, 0.1) is 0 Å². The Hall–Kier alpha value is -1.18. The number of hydrogen-bond acceptors (Lipinski definition) is 4. The molecule has 1 saturated heterocycles. The van der Waals surface area contributed by atoms with Gasteiger partial charge in [0.05, 0.1) is 6.04 Å². The first-order chi connectivity index (χ1) is 10.4. The van der Waals surface area contributed by atoms with Crippen molar-refractivity contribution in [2.24, 2.45) is 0 Å². The molecule has 2 rings (SSSR count). The highest BCUT2D eigenvalue weighted by Crippen LogP contribution is 2.35. The first-order valence-electron chi connectivity index (χ1n) is 7.82.